The van der Waals surface area contributed by atoms with Gasteiger partial charge >= 0.3 is 0 Å². The number of fused-ring (bicyclic) bond motifs is 1. The van der Waals surface area contributed by atoms with Gasteiger partial charge in [0.25, 0.3) is 5.91 Å². The zero-order valence-corrected chi connectivity index (χ0v) is 12.4. The molecule has 3 aromatic rings. The number of nitrogens with zero attached hydrogens (tertiary/aromatic N) is 1. The number of amidine groups is 1. The van der Waals surface area contributed by atoms with Crippen molar-refractivity contribution in [1.82, 2.24) is 4.57 Å². The van der Waals surface area contributed by atoms with E-state index in [1.165, 1.54) is 0 Å². The third-order valence-electron chi connectivity index (χ3n) is 3.76. The van der Waals surface area contributed by atoms with E-state index in [9.17, 15) is 4.79 Å². The highest BCUT2D eigenvalue weighted by Gasteiger charge is 2.14. The van der Waals surface area contributed by atoms with Crippen LogP contribution >= 0.6 is 0 Å². The number of primary amides is 1. The maximum atomic E-state index is 11.8. The van der Waals surface area contributed by atoms with Crippen LogP contribution in [0.2, 0.25) is 0 Å². The molecule has 0 aliphatic carbocycles. The lowest BCUT2D eigenvalue weighted by molar-refractivity contribution is 0.0992. The van der Waals surface area contributed by atoms with E-state index in [0.29, 0.717) is 23.5 Å². The lowest BCUT2D eigenvalue weighted by Gasteiger charge is -2.10. The highest BCUT2D eigenvalue weighted by molar-refractivity contribution is 5.98. The topological polar surface area (TPSA) is 124 Å². The van der Waals surface area contributed by atoms with Gasteiger partial charge in [0.05, 0.1) is 0 Å². The van der Waals surface area contributed by atoms with Crippen LogP contribution in [0.1, 0.15) is 21.6 Å². The molecule has 6 heteroatoms. The fraction of sp³-hybridized carbons (Fsp3) is 0.0588. The maximum Gasteiger partial charge on any atom is 0.265 e. The minimum atomic E-state index is -0.498. The van der Waals surface area contributed by atoms with Gasteiger partial charge in [-0.2, -0.15) is 0 Å². The van der Waals surface area contributed by atoms with Crippen molar-refractivity contribution in [2.75, 3.05) is 5.73 Å². The van der Waals surface area contributed by atoms with Gasteiger partial charge in [-0.3, -0.25) is 10.2 Å². The van der Waals surface area contributed by atoms with Crippen molar-refractivity contribution in [3.63, 3.8) is 0 Å². The van der Waals surface area contributed by atoms with Crippen LogP contribution in [0.4, 0.5) is 5.69 Å². The number of carbonyl (C=O) groups excluding carboxylic acids is 1. The van der Waals surface area contributed by atoms with Crippen LogP contribution < -0.4 is 17.2 Å². The SMILES string of the molecule is N=C(N)c1cccc(Cn2c(C(N)=O)cc3cc(N)ccc32)c1. The Bertz CT molecular complexity index is 926. The van der Waals surface area contributed by atoms with Gasteiger partial charge in [0.15, 0.2) is 0 Å². The molecule has 0 spiro atoms. The van der Waals surface area contributed by atoms with Gasteiger partial charge in [-0.1, -0.05) is 18.2 Å². The van der Waals surface area contributed by atoms with Gasteiger partial charge < -0.3 is 21.8 Å². The number of hydrogen-bond donors (Lipinski definition) is 4. The van der Waals surface area contributed by atoms with Gasteiger partial charge in [-0.15, -0.1) is 0 Å². The van der Waals surface area contributed by atoms with E-state index in [4.69, 9.17) is 22.6 Å². The monoisotopic (exact) mass is 307 g/mol. The van der Waals surface area contributed by atoms with Crippen molar-refractivity contribution in [3.05, 3.63) is 65.4 Å². The molecule has 1 aromatic heterocycles. The lowest BCUT2D eigenvalue weighted by atomic mass is 10.1. The summed E-state index contributed by atoms with van der Waals surface area (Å²) in [6, 6.07) is 14.6. The molecule has 7 N–H and O–H groups in total. The van der Waals surface area contributed by atoms with Crippen LogP contribution in [-0.4, -0.2) is 16.3 Å². The Balaban J connectivity index is 2.11. The number of anilines is 1. The number of nitrogen functional groups attached to an aromatic ring is 2. The molecule has 0 aliphatic heterocycles. The van der Waals surface area contributed by atoms with Gasteiger partial charge in [0.1, 0.15) is 11.5 Å². The molecule has 3 rings (SSSR count). The Labute approximate surface area is 133 Å². The summed E-state index contributed by atoms with van der Waals surface area (Å²) in [7, 11) is 0. The summed E-state index contributed by atoms with van der Waals surface area (Å²) in [4.78, 5) is 11.8. The molecule has 0 saturated carbocycles. The molecule has 0 atom stereocenters. The van der Waals surface area contributed by atoms with E-state index in [1.807, 2.05) is 34.9 Å². The number of benzene rings is 2. The molecule has 0 bridgehead atoms. The van der Waals surface area contributed by atoms with Gasteiger partial charge in [-0.05, 0) is 35.9 Å². The number of carbonyl (C=O) groups is 1. The summed E-state index contributed by atoms with van der Waals surface area (Å²) in [5, 5.41) is 8.39. The van der Waals surface area contributed by atoms with E-state index in [-0.39, 0.29) is 5.84 Å². The van der Waals surface area contributed by atoms with E-state index in [0.717, 1.165) is 16.5 Å². The number of aromatic nitrogens is 1. The Morgan fingerprint density at radius 3 is 2.57 bits per heavy atom. The summed E-state index contributed by atoms with van der Waals surface area (Å²) < 4.78 is 1.84. The Hall–Kier alpha value is -3.28. The molecule has 1 amide bonds. The maximum absolute atomic E-state index is 11.8. The molecular formula is C17H17N5O. The Kier molecular flexibility index (Phi) is 3.50. The van der Waals surface area contributed by atoms with Crippen LogP contribution in [0.3, 0.4) is 0 Å². The lowest BCUT2D eigenvalue weighted by Crippen LogP contribution is -2.17. The van der Waals surface area contributed by atoms with Gasteiger partial charge in [-0.25, -0.2) is 0 Å². The van der Waals surface area contributed by atoms with Crippen LogP contribution in [0, 0.1) is 5.41 Å². The minimum absolute atomic E-state index is 0.00659. The summed E-state index contributed by atoms with van der Waals surface area (Å²) in [6.45, 7) is 0.451. The normalized spacial score (nSPS) is 10.8. The fourth-order valence-electron chi connectivity index (χ4n) is 2.68. The summed E-state index contributed by atoms with van der Waals surface area (Å²) in [5.74, 6) is -0.491. The number of hydrogen-bond acceptors (Lipinski definition) is 3. The standard InChI is InChI=1S/C17H17N5O/c18-13-4-5-14-12(7-13)8-15(17(21)23)22(14)9-10-2-1-3-11(6-10)16(19)20/h1-8H,9,18H2,(H3,19,20)(H2,21,23). The Morgan fingerprint density at radius 1 is 1.09 bits per heavy atom. The van der Waals surface area contributed by atoms with E-state index >= 15 is 0 Å². The van der Waals surface area contributed by atoms with Crippen molar-refractivity contribution in [2.24, 2.45) is 11.5 Å². The first-order valence-electron chi connectivity index (χ1n) is 7.07. The van der Waals surface area contributed by atoms with Crippen LogP contribution in [-0.2, 0) is 6.54 Å². The highest BCUT2D eigenvalue weighted by Crippen LogP contribution is 2.23. The van der Waals surface area contributed by atoms with Crippen molar-refractivity contribution >= 4 is 28.3 Å². The molecule has 1 heterocycles. The van der Waals surface area contributed by atoms with Crippen molar-refractivity contribution in [1.29, 1.82) is 5.41 Å². The van der Waals surface area contributed by atoms with E-state index in [2.05, 4.69) is 0 Å². The largest absolute Gasteiger partial charge is 0.399 e. The molecule has 0 saturated heterocycles. The van der Waals surface area contributed by atoms with Crippen LogP contribution in [0.15, 0.2) is 48.5 Å². The third-order valence-corrected chi connectivity index (χ3v) is 3.76. The van der Waals surface area contributed by atoms with Gasteiger partial charge in [0, 0.05) is 28.7 Å². The molecule has 0 radical (unpaired) electrons. The van der Waals surface area contributed by atoms with E-state index in [1.54, 1.807) is 18.2 Å². The quantitative estimate of drug-likeness (QED) is 0.333. The number of rotatable bonds is 4. The van der Waals surface area contributed by atoms with E-state index < -0.39 is 5.91 Å². The second-order valence-electron chi connectivity index (χ2n) is 5.41. The zero-order valence-electron chi connectivity index (χ0n) is 12.4. The first-order chi connectivity index (χ1) is 11.0. The minimum Gasteiger partial charge on any atom is -0.399 e. The molecule has 0 fully saturated rings. The smallest absolute Gasteiger partial charge is 0.265 e. The summed E-state index contributed by atoms with van der Waals surface area (Å²) in [6.07, 6.45) is 0. The first-order valence-corrected chi connectivity index (χ1v) is 7.07. The molecule has 116 valence electrons. The number of amides is 1. The van der Waals surface area contributed by atoms with Crippen LogP contribution in [0.25, 0.3) is 10.9 Å². The fourth-order valence-corrected chi connectivity index (χ4v) is 2.68. The van der Waals surface area contributed by atoms with Crippen LogP contribution in [0.5, 0.6) is 0 Å². The summed E-state index contributed by atoms with van der Waals surface area (Å²) in [5.41, 5.74) is 20.3. The highest BCUT2D eigenvalue weighted by atomic mass is 16.1. The van der Waals surface area contributed by atoms with Crippen molar-refractivity contribution < 1.29 is 4.79 Å². The molecular weight excluding hydrogens is 290 g/mol. The second-order valence-corrected chi connectivity index (χ2v) is 5.41. The van der Waals surface area contributed by atoms with Gasteiger partial charge in [0.2, 0.25) is 0 Å². The predicted octanol–water partition coefficient (Wildman–Crippen LogP) is 1.65. The third kappa shape index (κ3) is 2.74. The van der Waals surface area contributed by atoms with Crippen molar-refractivity contribution in [3.8, 4) is 0 Å². The number of nitrogens with one attached hydrogen (secondary N) is 1. The Morgan fingerprint density at radius 2 is 1.87 bits per heavy atom. The molecule has 23 heavy (non-hydrogen) atoms. The second kappa shape index (κ2) is 5.49. The average molecular weight is 307 g/mol. The molecule has 2 aromatic carbocycles. The first kappa shape index (κ1) is 14.6. The average Bonchev–Trinajstić information content (AvgIpc) is 2.85. The molecule has 6 nitrogen and oxygen atoms in total. The zero-order chi connectivity index (χ0) is 16.6. The van der Waals surface area contributed by atoms with Crippen molar-refractivity contribution in [2.45, 2.75) is 6.54 Å². The number of nitrogens with two attached hydrogens (primary N) is 3. The molecule has 0 unspecified atom stereocenters. The summed E-state index contributed by atoms with van der Waals surface area (Å²) >= 11 is 0. The predicted molar refractivity (Wildman–Crippen MR) is 91.4 cm³/mol. The molecule has 0 aliphatic rings.